The lowest BCUT2D eigenvalue weighted by molar-refractivity contribution is 0.0951. The Morgan fingerprint density at radius 2 is 2.20 bits per heavy atom. The first-order valence-corrected chi connectivity index (χ1v) is 7.91. The van der Waals surface area contributed by atoms with Crippen molar-refractivity contribution in [3.8, 4) is 17.6 Å². The molecule has 0 unspecified atom stereocenters. The lowest BCUT2D eigenvalue weighted by Gasteiger charge is -2.09. The highest BCUT2D eigenvalue weighted by Gasteiger charge is 2.11. The van der Waals surface area contributed by atoms with Crippen LogP contribution in [-0.4, -0.2) is 17.5 Å². The smallest absolute Gasteiger partial charge is 0.255 e. The molecule has 3 N–H and O–H groups in total. The van der Waals surface area contributed by atoms with Gasteiger partial charge in [0.2, 0.25) is 5.95 Å². The molecular weight excluding hydrogens is 321 g/mol. The van der Waals surface area contributed by atoms with Gasteiger partial charge in [-0.1, -0.05) is 12.1 Å². The molecule has 1 heterocycles. The van der Waals surface area contributed by atoms with Crippen molar-refractivity contribution in [2.75, 3.05) is 12.3 Å². The Balaban J connectivity index is 1.88. The van der Waals surface area contributed by atoms with Gasteiger partial charge in [-0.05, 0) is 43.2 Å². The molecule has 1 aromatic heterocycles. The molecule has 0 bridgehead atoms. The number of aromatic nitrogens is 1. The van der Waals surface area contributed by atoms with Gasteiger partial charge < -0.3 is 15.8 Å². The first-order valence-electron chi connectivity index (χ1n) is 7.91. The summed E-state index contributed by atoms with van der Waals surface area (Å²) >= 11 is 0. The van der Waals surface area contributed by atoms with Crippen molar-refractivity contribution in [1.82, 2.24) is 10.3 Å². The number of unbranched alkanes of at least 4 members (excludes halogenated alkanes) is 1. The summed E-state index contributed by atoms with van der Waals surface area (Å²) in [5, 5.41) is 2.73. The molecular formula is C19H20FN3O2. The van der Waals surface area contributed by atoms with Crippen molar-refractivity contribution in [1.29, 1.82) is 0 Å². The lowest BCUT2D eigenvalue weighted by Crippen LogP contribution is -2.24. The number of nitrogens with zero attached hydrogens (tertiary/aromatic N) is 1. The molecule has 0 aliphatic rings. The number of benzene rings is 1. The van der Waals surface area contributed by atoms with E-state index in [9.17, 15) is 9.18 Å². The molecule has 0 radical (unpaired) electrons. The molecule has 0 saturated carbocycles. The average molecular weight is 341 g/mol. The van der Waals surface area contributed by atoms with Gasteiger partial charge >= 0.3 is 0 Å². The van der Waals surface area contributed by atoms with E-state index in [-0.39, 0.29) is 11.4 Å². The molecule has 0 saturated heterocycles. The van der Waals surface area contributed by atoms with Crippen LogP contribution in [0.15, 0.2) is 36.4 Å². The van der Waals surface area contributed by atoms with Gasteiger partial charge in [-0.15, -0.1) is 11.8 Å². The van der Waals surface area contributed by atoms with E-state index in [0.717, 1.165) is 30.2 Å². The molecule has 0 aliphatic heterocycles. The number of nitrogen functional groups attached to an aromatic ring is 1. The molecule has 0 aliphatic carbocycles. The zero-order valence-corrected chi connectivity index (χ0v) is 14.0. The summed E-state index contributed by atoms with van der Waals surface area (Å²) in [6.07, 6.45) is 1.66. The number of hydrogen-bond acceptors (Lipinski definition) is 4. The number of pyridine rings is 1. The van der Waals surface area contributed by atoms with Crippen LogP contribution in [0.25, 0.3) is 0 Å². The summed E-state index contributed by atoms with van der Waals surface area (Å²) in [7, 11) is 0. The maximum atomic E-state index is 12.9. The monoisotopic (exact) mass is 341 g/mol. The predicted molar refractivity (Wildman–Crippen MR) is 94.4 cm³/mol. The third-order valence-corrected chi connectivity index (χ3v) is 3.38. The molecule has 5 nitrogen and oxygen atoms in total. The molecule has 0 fully saturated rings. The Labute approximate surface area is 146 Å². The van der Waals surface area contributed by atoms with Crippen LogP contribution in [-0.2, 0) is 6.54 Å². The first kappa shape index (κ1) is 18.3. The summed E-state index contributed by atoms with van der Waals surface area (Å²) in [4.78, 5) is 15.5. The quantitative estimate of drug-likeness (QED) is 0.461. The van der Waals surface area contributed by atoms with Crippen LogP contribution in [0.1, 0.15) is 35.7 Å². The number of halogens is 1. The van der Waals surface area contributed by atoms with Gasteiger partial charge in [-0.25, -0.2) is 4.98 Å². The highest BCUT2D eigenvalue weighted by Crippen LogP contribution is 2.14. The van der Waals surface area contributed by atoms with E-state index in [1.54, 1.807) is 0 Å². The van der Waals surface area contributed by atoms with Gasteiger partial charge in [0, 0.05) is 13.0 Å². The van der Waals surface area contributed by atoms with Crippen molar-refractivity contribution in [3.63, 3.8) is 0 Å². The second-order valence-electron chi connectivity index (χ2n) is 5.28. The molecule has 6 heteroatoms. The number of carbonyl (C=O) groups is 1. The van der Waals surface area contributed by atoms with Crippen molar-refractivity contribution in [2.24, 2.45) is 0 Å². The topological polar surface area (TPSA) is 77.2 Å². The number of hydrogen-bond donors (Lipinski definition) is 2. The third kappa shape index (κ3) is 5.81. The Bertz CT molecular complexity index is 797. The highest BCUT2D eigenvalue weighted by atomic mass is 19.1. The summed E-state index contributed by atoms with van der Waals surface area (Å²) < 4.78 is 18.6. The van der Waals surface area contributed by atoms with Crippen LogP contribution in [0.5, 0.6) is 5.75 Å². The third-order valence-electron chi connectivity index (χ3n) is 3.38. The van der Waals surface area contributed by atoms with Gasteiger partial charge in [-0.3, -0.25) is 4.79 Å². The fraction of sp³-hybridized carbons (Fsp3) is 0.263. The predicted octanol–water partition coefficient (Wildman–Crippen LogP) is 2.92. The zero-order valence-electron chi connectivity index (χ0n) is 14.0. The van der Waals surface area contributed by atoms with Crippen molar-refractivity contribution < 1.29 is 13.9 Å². The standard InChI is InChI=1S/C19H20FN3O2/c1-2-3-4-5-11-25-15-8-6-7-14(12-15)13-22-19(24)16-9-10-17(20)23-18(16)21/h6-10,12H,4-5,11,13H2,1H3,(H2,21,23)(H,22,24). The van der Waals surface area contributed by atoms with E-state index < -0.39 is 11.9 Å². The van der Waals surface area contributed by atoms with Crippen LogP contribution >= 0.6 is 0 Å². The van der Waals surface area contributed by atoms with Crippen LogP contribution in [0.2, 0.25) is 0 Å². The summed E-state index contributed by atoms with van der Waals surface area (Å²) in [5.41, 5.74) is 6.59. The Morgan fingerprint density at radius 3 is 2.96 bits per heavy atom. The number of anilines is 1. The summed E-state index contributed by atoms with van der Waals surface area (Å²) in [6.45, 7) is 2.70. The first-order chi connectivity index (χ1) is 12.1. The Hall–Kier alpha value is -3.07. The van der Waals surface area contributed by atoms with Crippen LogP contribution in [0.4, 0.5) is 10.2 Å². The second kappa shape index (κ2) is 9.28. The summed E-state index contributed by atoms with van der Waals surface area (Å²) in [5.74, 6) is 5.30. The van der Waals surface area contributed by atoms with Gasteiger partial charge in [0.05, 0.1) is 12.2 Å². The van der Waals surface area contributed by atoms with E-state index in [2.05, 4.69) is 22.1 Å². The van der Waals surface area contributed by atoms with E-state index in [4.69, 9.17) is 10.5 Å². The molecule has 25 heavy (non-hydrogen) atoms. The number of nitrogens with one attached hydrogen (secondary N) is 1. The molecule has 2 rings (SSSR count). The molecule has 0 spiro atoms. The Morgan fingerprint density at radius 1 is 1.36 bits per heavy atom. The number of nitrogens with two attached hydrogens (primary N) is 1. The molecule has 0 atom stereocenters. The fourth-order valence-electron chi connectivity index (χ4n) is 2.14. The number of carbonyl (C=O) groups excluding carboxylic acids is 1. The zero-order chi connectivity index (χ0) is 18.1. The number of ether oxygens (including phenoxy) is 1. The highest BCUT2D eigenvalue weighted by molar-refractivity contribution is 5.98. The van der Waals surface area contributed by atoms with E-state index in [1.165, 1.54) is 6.07 Å². The van der Waals surface area contributed by atoms with Crippen molar-refractivity contribution in [3.05, 3.63) is 53.5 Å². The summed E-state index contributed by atoms with van der Waals surface area (Å²) in [6, 6.07) is 9.86. The maximum absolute atomic E-state index is 12.9. The van der Waals surface area contributed by atoms with E-state index >= 15 is 0 Å². The van der Waals surface area contributed by atoms with Crippen molar-refractivity contribution >= 4 is 11.7 Å². The van der Waals surface area contributed by atoms with E-state index in [0.29, 0.717) is 13.2 Å². The molecule has 1 aromatic carbocycles. The maximum Gasteiger partial charge on any atom is 0.255 e. The van der Waals surface area contributed by atoms with Crippen molar-refractivity contribution in [2.45, 2.75) is 26.3 Å². The van der Waals surface area contributed by atoms with Gasteiger partial charge in [-0.2, -0.15) is 4.39 Å². The average Bonchev–Trinajstić information content (AvgIpc) is 2.60. The van der Waals surface area contributed by atoms with Gasteiger partial charge in [0.25, 0.3) is 5.91 Å². The normalized spacial score (nSPS) is 9.84. The van der Waals surface area contributed by atoms with E-state index in [1.807, 2.05) is 31.2 Å². The minimum absolute atomic E-state index is 0.134. The van der Waals surface area contributed by atoms with Crippen LogP contribution in [0.3, 0.4) is 0 Å². The van der Waals surface area contributed by atoms with Crippen LogP contribution in [0, 0.1) is 17.8 Å². The Kier molecular flexibility index (Phi) is 6.78. The molecule has 130 valence electrons. The van der Waals surface area contributed by atoms with Gasteiger partial charge in [0.1, 0.15) is 11.6 Å². The molecule has 1 amide bonds. The van der Waals surface area contributed by atoms with Crippen LogP contribution < -0.4 is 15.8 Å². The second-order valence-corrected chi connectivity index (χ2v) is 5.28. The SMILES string of the molecule is CC#CCCCOc1cccc(CNC(=O)c2ccc(F)nc2N)c1. The minimum atomic E-state index is -0.719. The fourth-order valence-corrected chi connectivity index (χ4v) is 2.14. The van der Waals surface area contributed by atoms with Gasteiger partial charge in [0.15, 0.2) is 0 Å². The number of rotatable bonds is 7. The molecule has 2 aromatic rings. The lowest BCUT2D eigenvalue weighted by atomic mass is 10.2. The number of amides is 1. The minimum Gasteiger partial charge on any atom is -0.494 e. The largest absolute Gasteiger partial charge is 0.494 e.